The summed E-state index contributed by atoms with van der Waals surface area (Å²) in [7, 11) is 0. The Kier molecular flexibility index (Phi) is 3.54. The van der Waals surface area contributed by atoms with E-state index in [4.69, 9.17) is 0 Å². The van der Waals surface area contributed by atoms with Crippen molar-refractivity contribution in [2.45, 2.75) is 45.2 Å². The minimum absolute atomic E-state index is 0.286. The second-order valence-electron chi connectivity index (χ2n) is 4.36. The molecule has 0 unspecified atom stereocenters. The topological polar surface area (TPSA) is 33.2 Å². The summed E-state index contributed by atoms with van der Waals surface area (Å²) in [6, 6.07) is 4.44. The third kappa shape index (κ3) is 2.81. The Morgan fingerprint density at radius 3 is 2.94 bits per heavy atom. The van der Waals surface area contributed by atoms with Crippen LogP contribution in [-0.4, -0.2) is 21.8 Å². The smallest absolute Gasteiger partial charge is 0.223 e. The zero-order valence-electron chi connectivity index (χ0n) is 9.72. The molecule has 2 rings (SSSR count). The van der Waals surface area contributed by atoms with Gasteiger partial charge in [-0.15, -0.1) is 0 Å². The van der Waals surface area contributed by atoms with Crippen LogP contribution in [0.4, 0.5) is 0 Å². The Bertz CT molecular complexity index is 346. The molecule has 0 spiro atoms. The number of amides is 1. The molecule has 1 aliphatic rings. The molecule has 1 amide bonds. The van der Waals surface area contributed by atoms with Gasteiger partial charge >= 0.3 is 0 Å². The van der Waals surface area contributed by atoms with Crippen molar-refractivity contribution in [3.05, 3.63) is 30.1 Å². The van der Waals surface area contributed by atoms with Crippen LogP contribution in [0.3, 0.4) is 0 Å². The lowest BCUT2D eigenvalue weighted by Crippen LogP contribution is -2.32. The Balaban J connectivity index is 2.00. The van der Waals surface area contributed by atoms with Crippen molar-refractivity contribution in [3.63, 3.8) is 0 Å². The SMILES string of the molecule is CCCC(=O)N(Cc1cccnc1)C1CC1. The van der Waals surface area contributed by atoms with Gasteiger partial charge in [0.25, 0.3) is 0 Å². The van der Waals surface area contributed by atoms with E-state index in [1.54, 1.807) is 6.20 Å². The van der Waals surface area contributed by atoms with Crippen LogP contribution >= 0.6 is 0 Å². The lowest BCUT2D eigenvalue weighted by molar-refractivity contribution is -0.132. The van der Waals surface area contributed by atoms with Gasteiger partial charge in [0.15, 0.2) is 0 Å². The summed E-state index contributed by atoms with van der Waals surface area (Å²) in [5.74, 6) is 0.286. The van der Waals surface area contributed by atoms with Crippen molar-refractivity contribution >= 4 is 5.91 Å². The van der Waals surface area contributed by atoms with Crippen LogP contribution in [0.1, 0.15) is 38.2 Å². The van der Waals surface area contributed by atoms with Crippen molar-refractivity contribution in [1.82, 2.24) is 9.88 Å². The molecular formula is C13H18N2O. The fraction of sp³-hybridized carbons (Fsp3) is 0.538. The monoisotopic (exact) mass is 218 g/mol. The second-order valence-corrected chi connectivity index (χ2v) is 4.36. The maximum Gasteiger partial charge on any atom is 0.223 e. The van der Waals surface area contributed by atoms with Crippen LogP contribution in [0.5, 0.6) is 0 Å². The molecule has 0 atom stereocenters. The number of carbonyl (C=O) groups excluding carboxylic acids is 1. The van der Waals surface area contributed by atoms with Gasteiger partial charge in [-0.3, -0.25) is 9.78 Å². The Morgan fingerprint density at radius 1 is 1.56 bits per heavy atom. The Hall–Kier alpha value is -1.38. The number of aromatic nitrogens is 1. The maximum absolute atomic E-state index is 11.9. The number of nitrogens with zero attached hydrogens (tertiary/aromatic N) is 2. The average Bonchev–Trinajstić information content (AvgIpc) is 3.11. The summed E-state index contributed by atoms with van der Waals surface area (Å²) in [6.07, 6.45) is 7.52. The highest BCUT2D eigenvalue weighted by atomic mass is 16.2. The summed E-state index contributed by atoms with van der Waals surface area (Å²) in [4.78, 5) is 18.0. The molecule has 1 heterocycles. The molecule has 86 valence electrons. The van der Waals surface area contributed by atoms with E-state index in [1.165, 1.54) is 0 Å². The first kappa shape index (κ1) is 11.1. The lowest BCUT2D eigenvalue weighted by Gasteiger charge is -2.22. The average molecular weight is 218 g/mol. The minimum Gasteiger partial charge on any atom is -0.335 e. The summed E-state index contributed by atoms with van der Waals surface area (Å²) < 4.78 is 0. The third-order valence-electron chi connectivity index (χ3n) is 2.85. The van der Waals surface area contributed by atoms with Gasteiger partial charge < -0.3 is 4.90 Å². The zero-order valence-corrected chi connectivity index (χ0v) is 9.72. The van der Waals surface area contributed by atoms with Crippen molar-refractivity contribution < 1.29 is 4.79 Å². The quantitative estimate of drug-likeness (QED) is 0.760. The van der Waals surface area contributed by atoms with Crippen molar-refractivity contribution in [1.29, 1.82) is 0 Å². The Labute approximate surface area is 96.5 Å². The molecule has 0 saturated heterocycles. The molecule has 0 bridgehead atoms. The van der Waals surface area contributed by atoms with E-state index in [0.717, 1.165) is 31.4 Å². The van der Waals surface area contributed by atoms with E-state index >= 15 is 0 Å². The fourth-order valence-corrected chi connectivity index (χ4v) is 1.85. The van der Waals surface area contributed by atoms with Crippen LogP contribution in [-0.2, 0) is 11.3 Å². The van der Waals surface area contributed by atoms with Crippen LogP contribution in [0.25, 0.3) is 0 Å². The van der Waals surface area contributed by atoms with Gasteiger partial charge in [0.1, 0.15) is 0 Å². The number of carbonyl (C=O) groups is 1. The summed E-state index contributed by atoms with van der Waals surface area (Å²) in [5.41, 5.74) is 1.12. The Morgan fingerprint density at radius 2 is 2.38 bits per heavy atom. The molecule has 3 nitrogen and oxygen atoms in total. The number of pyridine rings is 1. The normalized spacial score (nSPS) is 14.8. The van der Waals surface area contributed by atoms with Crippen molar-refractivity contribution in [3.8, 4) is 0 Å². The second kappa shape index (κ2) is 5.10. The van der Waals surface area contributed by atoms with Gasteiger partial charge in [0, 0.05) is 31.4 Å². The first-order valence-corrected chi connectivity index (χ1v) is 5.99. The summed E-state index contributed by atoms with van der Waals surface area (Å²) in [6.45, 7) is 2.77. The lowest BCUT2D eigenvalue weighted by atomic mass is 10.2. The first-order valence-electron chi connectivity index (χ1n) is 5.99. The number of hydrogen-bond donors (Lipinski definition) is 0. The predicted molar refractivity (Wildman–Crippen MR) is 62.7 cm³/mol. The van der Waals surface area contributed by atoms with Gasteiger partial charge in [-0.2, -0.15) is 0 Å². The largest absolute Gasteiger partial charge is 0.335 e. The number of hydrogen-bond acceptors (Lipinski definition) is 2. The van der Waals surface area contributed by atoms with E-state index in [9.17, 15) is 4.79 Å². The molecule has 0 radical (unpaired) electrons. The van der Waals surface area contributed by atoms with E-state index in [-0.39, 0.29) is 5.91 Å². The molecule has 1 saturated carbocycles. The molecule has 3 heteroatoms. The molecule has 0 aliphatic heterocycles. The van der Waals surface area contributed by atoms with E-state index in [2.05, 4.69) is 4.98 Å². The van der Waals surface area contributed by atoms with Gasteiger partial charge in [0.2, 0.25) is 5.91 Å². The molecular weight excluding hydrogens is 200 g/mol. The molecule has 1 aliphatic carbocycles. The molecule has 1 aromatic heterocycles. The zero-order chi connectivity index (χ0) is 11.4. The fourth-order valence-electron chi connectivity index (χ4n) is 1.85. The highest BCUT2D eigenvalue weighted by Crippen LogP contribution is 2.28. The van der Waals surface area contributed by atoms with Crippen molar-refractivity contribution in [2.75, 3.05) is 0 Å². The minimum atomic E-state index is 0.286. The maximum atomic E-state index is 11.9. The number of rotatable bonds is 5. The van der Waals surface area contributed by atoms with Crippen LogP contribution in [0, 0.1) is 0 Å². The van der Waals surface area contributed by atoms with Gasteiger partial charge in [0.05, 0.1) is 0 Å². The molecule has 1 fully saturated rings. The third-order valence-corrected chi connectivity index (χ3v) is 2.85. The highest BCUT2D eigenvalue weighted by Gasteiger charge is 2.31. The molecule has 16 heavy (non-hydrogen) atoms. The highest BCUT2D eigenvalue weighted by molar-refractivity contribution is 5.76. The van der Waals surface area contributed by atoms with Gasteiger partial charge in [-0.1, -0.05) is 13.0 Å². The standard InChI is InChI=1S/C13H18N2O/c1-2-4-13(16)15(12-6-7-12)10-11-5-3-8-14-9-11/h3,5,8-9,12H,2,4,6-7,10H2,1H3. The van der Waals surface area contributed by atoms with Crippen molar-refractivity contribution in [2.24, 2.45) is 0 Å². The predicted octanol–water partition coefficient (Wildman–Crippen LogP) is 2.37. The van der Waals surface area contributed by atoms with Crippen LogP contribution < -0.4 is 0 Å². The van der Waals surface area contributed by atoms with Gasteiger partial charge in [-0.25, -0.2) is 0 Å². The molecule has 0 N–H and O–H groups in total. The summed E-state index contributed by atoms with van der Waals surface area (Å²) in [5, 5.41) is 0. The van der Waals surface area contributed by atoms with Gasteiger partial charge in [-0.05, 0) is 30.9 Å². The molecule has 1 aromatic rings. The van der Waals surface area contributed by atoms with E-state index in [1.807, 2.05) is 30.2 Å². The first-order chi connectivity index (χ1) is 7.81. The summed E-state index contributed by atoms with van der Waals surface area (Å²) >= 11 is 0. The van der Waals surface area contributed by atoms with Crippen LogP contribution in [0.15, 0.2) is 24.5 Å². The molecule has 0 aromatic carbocycles. The van der Waals surface area contributed by atoms with E-state index in [0.29, 0.717) is 12.5 Å². The van der Waals surface area contributed by atoms with Crippen LogP contribution in [0.2, 0.25) is 0 Å². The van der Waals surface area contributed by atoms with E-state index < -0.39 is 0 Å².